The van der Waals surface area contributed by atoms with Crippen LogP contribution in [0.15, 0.2) is 0 Å². The molecule has 0 aliphatic carbocycles. The molecule has 0 unspecified atom stereocenters. The molecule has 0 saturated carbocycles. The molecule has 0 N–H and O–H groups in total. The zero-order valence-corrected chi connectivity index (χ0v) is 14.7. The van der Waals surface area contributed by atoms with Crippen molar-refractivity contribution in [3.8, 4) is 0 Å². The summed E-state index contributed by atoms with van der Waals surface area (Å²) in [5.41, 5.74) is 0.288. The van der Waals surface area contributed by atoms with Crippen molar-refractivity contribution in [2.45, 2.75) is 80.9 Å². The van der Waals surface area contributed by atoms with Crippen LogP contribution in [0.25, 0.3) is 0 Å². The molecule has 0 aromatic heterocycles. The SMILES string of the molecule is CCOC(CCC(C)(C)C(C)C)(OCC)C(C)(C)C. The van der Waals surface area contributed by atoms with Gasteiger partial charge in [0.1, 0.15) is 0 Å². The predicted octanol–water partition coefficient (Wildman–Crippen LogP) is 5.26. The summed E-state index contributed by atoms with van der Waals surface area (Å²) < 4.78 is 12.2. The Labute approximate surface area is 121 Å². The van der Waals surface area contributed by atoms with Gasteiger partial charge in [-0.3, -0.25) is 0 Å². The van der Waals surface area contributed by atoms with Gasteiger partial charge in [0.05, 0.1) is 0 Å². The first-order valence-electron chi connectivity index (χ1n) is 7.80. The van der Waals surface area contributed by atoms with Crippen molar-refractivity contribution in [1.29, 1.82) is 0 Å². The molecule has 0 radical (unpaired) electrons. The fourth-order valence-corrected chi connectivity index (χ4v) is 2.24. The predicted molar refractivity (Wildman–Crippen MR) is 83.3 cm³/mol. The second-order valence-corrected chi connectivity index (χ2v) is 7.51. The van der Waals surface area contributed by atoms with E-state index in [2.05, 4.69) is 48.5 Å². The minimum Gasteiger partial charge on any atom is -0.350 e. The van der Waals surface area contributed by atoms with E-state index >= 15 is 0 Å². The molecule has 0 atom stereocenters. The average Bonchev–Trinajstić information content (AvgIpc) is 2.24. The summed E-state index contributed by atoms with van der Waals surface area (Å²) in [6, 6.07) is 0. The maximum Gasteiger partial charge on any atom is 0.172 e. The van der Waals surface area contributed by atoms with Gasteiger partial charge in [-0.2, -0.15) is 0 Å². The summed E-state index contributed by atoms with van der Waals surface area (Å²) in [6.07, 6.45) is 2.06. The minimum absolute atomic E-state index is 0.0217. The average molecular weight is 272 g/mol. The standard InChI is InChI=1S/C17H36O2/c1-10-18-17(19-11-2,15(5,6)7)13-12-16(8,9)14(3)4/h14H,10-13H2,1-9H3. The van der Waals surface area contributed by atoms with Crippen LogP contribution in [0, 0.1) is 16.7 Å². The second kappa shape index (κ2) is 7.08. The lowest BCUT2D eigenvalue weighted by atomic mass is 9.73. The van der Waals surface area contributed by atoms with E-state index in [1.165, 1.54) is 0 Å². The summed E-state index contributed by atoms with van der Waals surface area (Å²) in [7, 11) is 0. The topological polar surface area (TPSA) is 18.5 Å². The van der Waals surface area contributed by atoms with E-state index in [-0.39, 0.29) is 5.41 Å². The van der Waals surface area contributed by atoms with Crippen LogP contribution in [0.1, 0.15) is 75.2 Å². The monoisotopic (exact) mass is 272 g/mol. The lowest BCUT2D eigenvalue weighted by molar-refractivity contribution is -0.291. The molecular formula is C17H36O2. The van der Waals surface area contributed by atoms with Gasteiger partial charge in [0.25, 0.3) is 0 Å². The van der Waals surface area contributed by atoms with Gasteiger partial charge < -0.3 is 9.47 Å². The van der Waals surface area contributed by atoms with Crippen molar-refractivity contribution in [2.75, 3.05) is 13.2 Å². The molecule has 0 heterocycles. The maximum atomic E-state index is 6.09. The van der Waals surface area contributed by atoms with Crippen LogP contribution in [0.3, 0.4) is 0 Å². The van der Waals surface area contributed by atoms with Crippen molar-refractivity contribution < 1.29 is 9.47 Å². The van der Waals surface area contributed by atoms with E-state index in [0.717, 1.165) is 12.8 Å². The smallest absolute Gasteiger partial charge is 0.172 e. The van der Waals surface area contributed by atoms with Gasteiger partial charge >= 0.3 is 0 Å². The fraction of sp³-hybridized carbons (Fsp3) is 1.00. The highest BCUT2D eigenvalue weighted by molar-refractivity contribution is 4.87. The largest absolute Gasteiger partial charge is 0.350 e. The maximum absolute atomic E-state index is 6.09. The van der Waals surface area contributed by atoms with Crippen molar-refractivity contribution >= 4 is 0 Å². The summed E-state index contributed by atoms with van der Waals surface area (Å²) in [5.74, 6) is 0.191. The molecule has 2 nitrogen and oxygen atoms in total. The van der Waals surface area contributed by atoms with Gasteiger partial charge in [0.15, 0.2) is 5.79 Å². The van der Waals surface area contributed by atoms with Crippen LogP contribution < -0.4 is 0 Å². The van der Waals surface area contributed by atoms with Gasteiger partial charge in [0.2, 0.25) is 0 Å². The van der Waals surface area contributed by atoms with Crippen molar-refractivity contribution in [3.05, 3.63) is 0 Å². The lowest BCUT2D eigenvalue weighted by Gasteiger charge is -2.45. The fourth-order valence-electron chi connectivity index (χ4n) is 2.24. The Balaban J connectivity index is 5.05. The lowest BCUT2D eigenvalue weighted by Crippen LogP contribution is -2.49. The van der Waals surface area contributed by atoms with Crippen LogP contribution in [0.5, 0.6) is 0 Å². The van der Waals surface area contributed by atoms with E-state index in [0.29, 0.717) is 24.5 Å². The molecule has 0 saturated heterocycles. The Morgan fingerprint density at radius 3 is 1.47 bits per heavy atom. The highest BCUT2D eigenvalue weighted by atomic mass is 16.7. The molecule has 2 heteroatoms. The van der Waals surface area contributed by atoms with Gasteiger partial charge in [-0.25, -0.2) is 0 Å². The Morgan fingerprint density at radius 1 is 0.789 bits per heavy atom. The summed E-state index contributed by atoms with van der Waals surface area (Å²) in [4.78, 5) is 0. The van der Waals surface area contributed by atoms with Gasteiger partial charge in [-0.1, -0.05) is 48.5 Å². The van der Waals surface area contributed by atoms with E-state index in [4.69, 9.17) is 9.47 Å². The summed E-state index contributed by atoms with van der Waals surface area (Å²) in [6.45, 7) is 21.4. The normalized spacial score (nSPS) is 14.2. The Morgan fingerprint density at radius 2 is 1.21 bits per heavy atom. The van der Waals surface area contributed by atoms with E-state index in [9.17, 15) is 0 Å². The number of ether oxygens (including phenoxy) is 2. The molecular weight excluding hydrogens is 236 g/mol. The van der Waals surface area contributed by atoms with Crippen molar-refractivity contribution in [3.63, 3.8) is 0 Å². The second-order valence-electron chi connectivity index (χ2n) is 7.51. The van der Waals surface area contributed by atoms with E-state index in [1.807, 2.05) is 13.8 Å². The van der Waals surface area contributed by atoms with E-state index in [1.54, 1.807) is 0 Å². The third-order valence-corrected chi connectivity index (χ3v) is 4.56. The molecule has 0 fully saturated rings. The minimum atomic E-state index is -0.470. The Bertz CT molecular complexity index is 242. The van der Waals surface area contributed by atoms with Crippen LogP contribution in [-0.2, 0) is 9.47 Å². The first-order valence-corrected chi connectivity index (χ1v) is 7.80. The zero-order chi connectivity index (χ0) is 15.3. The first kappa shape index (κ1) is 18.9. The third-order valence-electron chi connectivity index (χ3n) is 4.56. The molecule has 116 valence electrons. The molecule has 0 spiro atoms. The highest BCUT2D eigenvalue weighted by Gasteiger charge is 2.44. The van der Waals surface area contributed by atoms with Crippen LogP contribution in [-0.4, -0.2) is 19.0 Å². The van der Waals surface area contributed by atoms with Gasteiger partial charge in [-0.15, -0.1) is 0 Å². The van der Waals surface area contributed by atoms with Crippen molar-refractivity contribution in [1.82, 2.24) is 0 Å². The highest BCUT2D eigenvalue weighted by Crippen LogP contribution is 2.43. The van der Waals surface area contributed by atoms with Crippen molar-refractivity contribution in [2.24, 2.45) is 16.7 Å². The van der Waals surface area contributed by atoms with Crippen LogP contribution in [0.2, 0.25) is 0 Å². The zero-order valence-electron chi connectivity index (χ0n) is 14.7. The third kappa shape index (κ3) is 5.07. The molecule has 0 aliphatic rings. The van der Waals surface area contributed by atoms with Crippen LogP contribution >= 0.6 is 0 Å². The summed E-state index contributed by atoms with van der Waals surface area (Å²) in [5, 5.41) is 0. The molecule has 0 bridgehead atoms. The summed E-state index contributed by atoms with van der Waals surface area (Å²) >= 11 is 0. The molecule has 0 rings (SSSR count). The number of rotatable bonds is 8. The molecule has 0 aromatic rings. The van der Waals surface area contributed by atoms with Crippen LogP contribution in [0.4, 0.5) is 0 Å². The number of hydrogen-bond donors (Lipinski definition) is 0. The molecule has 0 aromatic carbocycles. The van der Waals surface area contributed by atoms with Gasteiger partial charge in [0, 0.05) is 25.0 Å². The quantitative estimate of drug-likeness (QED) is 0.561. The first-order chi connectivity index (χ1) is 8.52. The van der Waals surface area contributed by atoms with E-state index < -0.39 is 5.79 Å². The molecule has 19 heavy (non-hydrogen) atoms. The Hall–Kier alpha value is -0.0800. The van der Waals surface area contributed by atoms with Gasteiger partial charge in [-0.05, 0) is 31.6 Å². The Kier molecular flexibility index (Phi) is 7.05. The number of hydrogen-bond acceptors (Lipinski definition) is 2. The molecule has 0 amide bonds. The molecule has 0 aliphatic heterocycles.